The van der Waals surface area contributed by atoms with Crippen LogP contribution in [0.5, 0.6) is 0 Å². The third kappa shape index (κ3) is 2.89. The molecule has 1 aromatic heterocycles. The summed E-state index contributed by atoms with van der Waals surface area (Å²) >= 11 is 0. The largest absolute Gasteiger partial charge is 0.459 e. The second-order valence-corrected chi connectivity index (χ2v) is 5.72. The minimum atomic E-state index is 0.0860. The molecule has 0 amide bonds. The molecule has 0 saturated heterocycles. The van der Waals surface area contributed by atoms with E-state index in [9.17, 15) is 5.11 Å². The molecule has 0 aliphatic heterocycles. The van der Waals surface area contributed by atoms with Gasteiger partial charge < -0.3 is 14.8 Å². The van der Waals surface area contributed by atoms with Crippen LogP contribution in [0, 0.1) is 5.92 Å². The topological polar surface area (TPSA) is 45.4 Å². The van der Waals surface area contributed by atoms with Gasteiger partial charge in [0.15, 0.2) is 0 Å². The van der Waals surface area contributed by atoms with E-state index in [4.69, 9.17) is 4.42 Å². The normalized spacial score (nSPS) is 14.9. The molecule has 0 aliphatic carbocycles. The van der Waals surface area contributed by atoms with Crippen molar-refractivity contribution in [1.82, 2.24) is 5.32 Å². The molecule has 3 nitrogen and oxygen atoms in total. The Balaban J connectivity index is 2.31. The average Bonchev–Trinajstić information content (AvgIpc) is 2.82. The van der Waals surface area contributed by atoms with Gasteiger partial charge in [0.2, 0.25) is 0 Å². The molecular formula is C17H25NO2. The van der Waals surface area contributed by atoms with E-state index in [0.717, 1.165) is 17.8 Å². The molecule has 1 aromatic carbocycles. The van der Waals surface area contributed by atoms with Crippen molar-refractivity contribution in [1.29, 1.82) is 0 Å². The van der Waals surface area contributed by atoms with E-state index in [2.05, 4.69) is 39.1 Å². The molecule has 0 fully saturated rings. The SMILES string of the molecule is CCc1c(C(C)N[C@H](CO)C(C)C)oc2ccccc12. The van der Waals surface area contributed by atoms with Crippen LogP contribution in [0.1, 0.15) is 45.1 Å². The lowest BCUT2D eigenvalue weighted by atomic mass is 10.0. The number of fused-ring (bicyclic) bond motifs is 1. The summed E-state index contributed by atoms with van der Waals surface area (Å²) in [4.78, 5) is 0. The van der Waals surface area contributed by atoms with Crippen molar-refractivity contribution < 1.29 is 9.52 Å². The number of hydrogen-bond donors (Lipinski definition) is 2. The van der Waals surface area contributed by atoms with Crippen molar-refractivity contribution >= 4 is 11.0 Å². The predicted molar refractivity (Wildman–Crippen MR) is 82.9 cm³/mol. The zero-order chi connectivity index (χ0) is 14.7. The molecule has 1 heterocycles. The van der Waals surface area contributed by atoms with Crippen molar-refractivity contribution in [2.45, 2.75) is 46.2 Å². The molecule has 20 heavy (non-hydrogen) atoms. The van der Waals surface area contributed by atoms with Gasteiger partial charge in [0.05, 0.1) is 12.6 Å². The highest BCUT2D eigenvalue weighted by atomic mass is 16.3. The number of hydrogen-bond acceptors (Lipinski definition) is 3. The number of aliphatic hydroxyl groups excluding tert-OH is 1. The first-order valence-corrected chi connectivity index (χ1v) is 7.45. The van der Waals surface area contributed by atoms with Crippen molar-refractivity contribution in [3.63, 3.8) is 0 Å². The molecule has 3 heteroatoms. The molecule has 2 rings (SSSR count). The second-order valence-electron chi connectivity index (χ2n) is 5.72. The van der Waals surface area contributed by atoms with Crippen LogP contribution < -0.4 is 5.32 Å². The lowest BCUT2D eigenvalue weighted by Crippen LogP contribution is -2.38. The molecule has 0 radical (unpaired) electrons. The van der Waals surface area contributed by atoms with Crippen LogP contribution in [-0.4, -0.2) is 17.8 Å². The molecule has 2 aromatic rings. The zero-order valence-electron chi connectivity index (χ0n) is 12.8. The molecule has 0 spiro atoms. The minimum Gasteiger partial charge on any atom is -0.459 e. The third-order valence-electron chi connectivity index (χ3n) is 3.94. The fourth-order valence-electron chi connectivity index (χ4n) is 2.68. The Kier molecular flexibility index (Phi) is 4.84. The summed E-state index contributed by atoms with van der Waals surface area (Å²) in [7, 11) is 0. The van der Waals surface area contributed by atoms with Crippen molar-refractivity contribution in [2.24, 2.45) is 5.92 Å². The van der Waals surface area contributed by atoms with E-state index < -0.39 is 0 Å². The summed E-state index contributed by atoms with van der Waals surface area (Å²) in [6, 6.07) is 8.34. The standard InChI is InChI=1S/C17H25NO2/c1-5-13-14-8-6-7-9-16(14)20-17(13)12(4)18-15(10-19)11(2)3/h6-9,11-12,15,18-19H,5,10H2,1-4H3/t12?,15-/m1/s1. The van der Waals surface area contributed by atoms with Gasteiger partial charge in [-0.1, -0.05) is 39.0 Å². The van der Waals surface area contributed by atoms with Gasteiger partial charge in [0.25, 0.3) is 0 Å². The first-order chi connectivity index (χ1) is 9.58. The maximum absolute atomic E-state index is 9.47. The number of aryl methyl sites for hydroxylation is 1. The summed E-state index contributed by atoms with van der Waals surface area (Å²) < 4.78 is 6.03. The van der Waals surface area contributed by atoms with Gasteiger partial charge in [-0.25, -0.2) is 0 Å². The van der Waals surface area contributed by atoms with E-state index >= 15 is 0 Å². The Hall–Kier alpha value is -1.32. The maximum atomic E-state index is 9.47. The molecule has 1 unspecified atom stereocenters. The molecule has 0 aliphatic rings. The summed E-state index contributed by atoms with van der Waals surface area (Å²) in [6.45, 7) is 8.62. The van der Waals surface area contributed by atoms with E-state index in [0.29, 0.717) is 5.92 Å². The Morgan fingerprint density at radius 1 is 1.20 bits per heavy atom. The summed E-state index contributed by atoms with van der Waals surface area (Å²) in [5, 5.41) is 14.1. The van der Waals surface area contributed by atoms with Crippen molar-refractivity contribution in [3.05, 3.63) is 35.6 Å². The Morgan fingerprint density at radius 2 is 1.90 bits per heavy atom. The van der Waals surface area contributed by atoms with E-state index in [-0.39, 0.29) is 18.7 Å². The van der Waals surface area contributed by atoms with Crippen molar-refractivity contribution in [2.75, 3.05) is 6.61 Å². The van der Waals surface area contributed by atoms with Crippen LogP contribution in [0.2, 0.25) is 0 Å². The van der Waals surface area contributed by atoms with Crippen LogP contribution in [0.25, 0.3) is 11.0 Å². The van der Waals surface area contributed by atoms with Crippen LogP contribution >= 0.6 is 0 Å². The highest BCUT2D eigenvalue weighted by molar-refractivity contribution is 5.82. The van der Waals surface area contributed by atoms with E-state index in [1.807, 2.05) is 18.2 Å². The summed E-state index contributed by atoms with van der Waals surface area (Å²) in [5.41, 5.74) is 2.21. The number of aliphatic hydroxyl groups is 1. The Labute approximate surface area is 121 Å². The first-order valence-electron chi connectivity index (χ1n) is 7.45. The molecule has 0 saturated carbocycles. The molecular weight excluding hydrogens is 250 g/mol. The van der Waals surface area contributed by atoms with Crippen LogP contribution in [0.3, 0.4) is 0 Å². The quantitative estimate of drug-likeness (QED) is 0.845. The Morgan fingerprint density at radius 3 is 2.50 bits per heavy atom. The zero-order valence-corrected chi connectivity index (χ0v) is 12.8. The molecule has 110 valence electrons. The highest BCUT2D eigenvalue weighted by Gasteiger charge is 2.21. The fraction of sp³-hybridized carbons (Fsp3) is 0.529. The van der Waals surface area contributed by atoms with Crippen LogP contribution in [-0.2, 0) is 6.42 Å². The van der Waals surface area contributed by atoms with Gasteiger partial charge in [-0.3, -0.25) is 0 Å². The highest BCUT2D eigenvalue weighted by Crippen LogP contribution is 2.30. The number of furan rings is 1. The molecule has 2 N–H and O–H groups in total. The maximum Gasteiger partial charge on any atom is 0.134 e. The van der Waals surface area contributed by atoms with Gasteiger partial charge in [-0.2, -0.15) is 0 Å². The number of rotatable bonds is 6. The Bertz CT molecular complexity index is 559. The second kappa shape index (κ2) is 6.42. The van der Waals surface area contributed by atoms with Crippen LogP contribution in [0.15, 0.2) is 28.7 Å². The third-order valence-corrected chi connectivity index (χ3v) is 3.94. The van der Waals surface area contributed by atoms with E-state index in [1.165, 1.54) is 10.9 Å². The average molecular weight is 275 g/mol. The fourth-order valence-corrected chi connectivity index (χ4v) is 2.68. The van der Waals surface area contributed by atoms with Gasteiger partial charge in [-0.15, -0.1) is 0 Å². The predicted octanol–water partition coefficient (Wildman–Crippen LogP) is 3.66. The number of benzene rings is 1. The van der Waals surface area contributed by atoms with Crippen LogP contribution in [0.4, 0.5) is 0 Å². The summed E-state index contributed by atoms with van der Waals surface area (Å²) in [6.07, 6.45) is 0.948. The number of para-hydroxylation sites is 1. The lowest BCUT2D eigenvalue weighted by molar-refractivity contribution is 0.197. The van der Waals surface area contributed by atoms with E-state index in [1.54, 1.807) is 0 Å². The van der Waals surface area contributed by atoms with Gasteiger partial charge >= 0.3 is 0 Å². The first kappa shape index (κ1) is 15.1. The van der Waals surface area contributed by atoms with Gasteiger partial charge in [0.1, 0.15) is 11.3 Å². The monoisotopic (exact) mass is 275 g/mol. The molecule has 0 bridgehead atoms. The van der Waals surface area contributed by atoms with Gasteiger partial charge in [0, 0.05) is 17.0 Å². The smallest absolute Gasteiger partial charge is 0.134 e. The minimum absolute atomic E-state index is 0.0860. The summed E-state index contributed by atoms with van der Waals surface area (Å²) in [5.74, 6) is 1.38. The van der Waals surface area contributed by atoms with Gasteiger partial charge in [-0.05, 0) is 25.3 Å². The molecule has 2 atom stereocenters. The van der Waals surface area contributed by atoms with Crippen molar-refractivity contribution in [3.8, 4) is 0 Å². The lowest BCUT2D eigenvalue weighted by Gasteiger charge is -2.24. The number of nitrogens with one attached hydrogen (secondary N) is 1.